The van der Waals surface area contributed by atoms with E-state index in [2.05, 4.69) is 5.10 Å². The van der Waals surface area contributed by atoms with Crippen LogP contribution in [-0.4, -0.2) is 39.8 Å². The number of alkyl halides is 1. The summed E-state index contributed by atoms with van der Waals surface area (Å²) in [6, 6.07) is -0.271. The van der Waals surface area contributed by atoms with Gasteiger partial charge in [0.05, 0.1) is 17.8 Å². The highest BCUT2D eigenvalue weighted by Crippen LogP contribution is 2.26. The van der Waals surface area contributed by atoms with E-state index in [1.807, 2.05) is 0 Å². The number of aromatic nitrogens is 2. The molecule has 16 heavy (non-hydrogen) atoms. The molecule has 1 aromatic heterocycles. The summed E-state index contributed by atoms with van der Waals surface area (Å²) < 4.78 is 15.1. The van der Waals surface area contributed by atoms with Crippen molar-refractivity contribution in [2.75, 3.05) is 7.05 Å². The monoisotopic (exact) mass is 225 g/mol. The predicted octanol–water partition coefficient (Wildman–Crippen LogP) is 1.38. The molecule has 1 saturated carbocycles. The third kappa shape index (κ3) is 1.94. The maximum absolute atomic E-state index is 13.5. The summed E-state index contributed by atoms with van der Waals surface area (Å²) in [5.41, 5.74) is 0.518. The van der Waals surface area contributed by atoms with Gasteiger partial charge in [0.1, 0.15) is 6.17 Å². The molecular formula is C11H16FN3O. The summed E-state index contributed by atoms with van der Waals surface area (Å²) >= 11 is 0. The number of amides is 1. The second kappa shape index (κ2) is 4.23. The molecule has 0 N–H and O–H groups in total. The van der Waals surface area contributed by atoms with Crippen molar-refractivity contribution >= 4 is 5.91 Å². The fourth-order valence-electron chi connectivity index (χ4n) is 2.22. The van der Waals surface area contributed by atoms with Crippen LogP contribution in [0.15, 0.2) is 12.4 Å². The SMILES string of the molecule is CN(C(=O)c1cnn(C)c1)[C@@H]1CCC[C@H]1F. The Hall–Kier alpha value is -1.39. The smallest absolute Gasteiger partial charge is 0.257 e. The highest BCUT2D eigenvalue weighted by molar-refractivity contribution is 5.93. The molecule has 2 rings (SSSR count). The van der Waals surface area contributed by atoms with Crippen LogP contribution in [0.3, 0.4) is 0 Å². The lowest BCUT2D eigenvalue weighted by Crippen LogP contribution is -2.40. The number of hydrogen-bond donors (Lipinski definition) is 0. The van der Waals surface area contributed by atoms with Gasteiger partial charge < -0.3 is 4.90 Å². The summed E-state index contributed by atoms with van der Waals surface area (Å²) in [5, 5.41) is 3.94. The minimum absolute atomic E-state index is 0.150. The van der Waals surface area contributed by atoms with Crippen LogP contribution in [0.4, 0.5) is 4.39 Å². The Morgan fingerprint density at radius 2 is 2.38 bits per heavy atom. The number of rotatable bonds is 2. The zero-order valence-corrected chi connectivity index (χ0v) is 9.56. The molecule has 0 aliphatic heterocycles. The van der Waals surface area contributed by atoms with Crippen LogP contribution < -0.4 is 0 Å². The number of halogens is 1. The number of aryl methyl sites for hydroxylation is 1. The van der Waals surface area contributed by atoms with Gasteiger partial charge in [-0.2, -0.15) is 5.10 Å². The molecule has 1 heterocycles. The highest BCUT2D eigenvalue weighted by Gasteiger charge is 2.33. The molecule has 0 bridgehead atoms. The van der Waals surface area contributed by atoms with Crippen LogP contribution in [0.2, 0.25) is 0 Å². The number of hydrogen-bond acceptors (Lipinski definition) is 2. The van der Waals surface area contributed by atoms with Crippen molar-refractivity contribution < 1.29 is 9.18 Å². The molecule has 0 saturated heterocycles. The Balaban J connectivity index is 2.10. The molecule has 0 aromatic carbocycles. The largest absolute Gasteiger partial charge is 0.336 e. The van der Waals surface area contributed by atoms with Gasteiger partial charge in [-0.15, -0.1) is 0 Å². The molecule has 1 amide bonds. The first-order valence-corrected chi connectivity index (χ1v) is 5.49. The van der Waals surface area contributed by atoms with Gasteiger partial charge in [-0.3, -0.25) is 9.48 Å². The van der Waals surface area contributed by atoms with E-state index in [1.54, 1.807) is 25.0 Å². The predicted molar refractivity (Wildman–Crippen MR) is 57.8 cm³/mol. The number of carbonyl (C=O) groups excluding carboxylic acids is 1. The topological polar surface area (TPSA) is 38.1 Å². The lowest BCUT2D eigenvalue weighted by Gasteiger charge is -2.25. The van der Waals surface area contributed by atoms with E-state index in [9.17, 15) is 9.18 Å². The Labute approximate surface area is 94.0 Å². The van der Waals surface area contributed by atoms with Gasteiger partial charge in [0.2, 0.25) is 0 Å². The summed E-state index contributed by atoms with van der Waals surface area (Å²) in [6.45, 7) is 0. The molecule has 88 valence electrons. The van der Waals surface area contributed by atoms with Gasteiger partial charge in [-0.1, -0.05) is 0 Å². The van der Waals surface area contributed by atoms with E-state index in [4.69, 9.17) is 0 Å². The zero-order valence-electron chi connectivity index (χ0n) is 9.56. The molecule has 0 radical (unpaired) electrons. The van der Waals surface area contributed by atoms with Crippen molar-refractivity contribution in [3.63, 3.8) is 0 Å². The first-order valence-electron chi connectivity index (χ1n) is 5.49. The van der Waals surface area contributed by atoms with Crippen LogP contribution in [0, 0.1) is 0 Å². The molecule has 1 fully saturated rings. The summed E-state index contributed by atoms with van der Waals surface area (Å²) in [4.78, 5) is 13.5. The fraction of sp³-hybridized carbons (Fsp3) is 0.636. The molecule has 0 unspecified atom stereocenters. The van der Waals surface area contributed by atoms with Crippen LogP contribution >= 0.6 is 0 Å². The van der Waals surface area contributed by atoms with Gasteiger partial charge in [-0.25, -0.2) is 4.39 Å². The normalized spacial score (nSPS) is 24.7. The maximum Gasteiger partial charge on any atom is 0.257 e. The third-order valence-electron chi connectivity index (χ3n) is 3.17. The van der Waals surface area contributed by atoms with Crippen molar-refractivity contribution in [3.8, 4) is 0 Å². The highest BCUT2D eigenvalue weighted by atomic mass is 19.1. The van der Waals surface area contributed by atoms with E-state index < -0.39 is 6.17 Å². The third-order valence-corrected chi connectivity index (χ3v) is 3.17. The number of nitrogens with zero attached hydrogens (tertiary/aromatic N) is 3. The second-order valence-electron chi connectivity index (χ2n) is 4.33. The van der Waals surface area contributed by atoms with Gasteiger partial charge in [-0.05, 0) is 19.3 Å². The molecule has 1 aliphatic rings. The van der Waals surface area contributed by atoms with Crippen molar-refractivity contribution in [1.82, 2.24) is 14.7 Å². The van der Waals surface area contributed by atoms with Gasteiger partial charge >= 0.3 is 0 Å². The Morgan fingerprint density at radius 1 is 1.62 bits per heavy atom. The van der Waals surface area contributed by atoms with E-state index in [0.29, 0.717) is 12.0 Å². The number of carbonyl (C=O) groups is 1. The standard InChI is InChI=1S/C11H16FN3O/c1-14-7-8(6-13-14)11(16)15(2)10-5-3-4-9(10)12/h6-7,9-10H,3-5H2,1-2H3/t9-,10-/m1/s1. The lowest BCUT2D eigenvalue weighted by atomic mass is 10.2. The quantitative estimate of drug-likeness (QED) is 0.762. The van der Waals surface area contributed by atoms with E-state index in [-0.39, 0.29) is 11.9 Å². The van der Waals surface area contributed by atoms with Crippen LogP contribution in [0.5, 0.6) is 0 Å². The summed E-state index contributed by atoms with van der Waals surface area (Å²) in [5.74, 6) is -0.150. The van der Waals surface area contributed by atoms with E-state index in [0.717, 1.165) is 12.8 Å². The van der Waals surface area contributed by atoms with Crippen molar-refractivity contribution in [2.24, 2.45) is 7.05 Å². The van der Waals surface area contributed by atoms with Gasteiger partial charge in [0, 0.05) is 20.3 Å². The Morgan fingerprint density at radius 3 is 2.88 bits per heavy atom. The zero-order chi connectivity index (χ0) is 11.7. The molecule has 1 aromatic rings. The Kier molecular flexibility index (Phi) is 2.94. The van der Waals surface area contributed by atoms with Gasteiger partial charge in [0.25, 0.3) is 5.91 Å². The van der Waals surface area contributed by atoms with Gasteiger partial charge in [0.15, 0.2) is 0 Å². The average molecular weight is 225 g/mol. The average Bonchev–Trinajstić information content (AvgIpc) is 2.85. The van der Waals surface area contributed by atoms with Crippen LogP contribution in [0.1, 0.15) is 29.6 Å². The van der Waals surface area contributed by atoms with Crippen molar-refractivity contribution in [2.45, 2.75) is 31.5 Å². The fourth-order valence-corrected chi connectivity index (χ4v) is 2.22. The van der Waals surface area contributed by atoms with Crippen molar-refractivity contribution in [3.05, 3.63) is 18.0 Å². The van der Waals surface area contributed by atoms with Crippen molar-refractivity contribution in [1.29, 1.82) is 0 Å². The minimum Gasteiger partial charge on any atom is -0.336 e. The molecule has 1 aliphatic carbocycles. The first-order chi connectivity index (χ1) is 7.59. The molecule has 4 nitrogen and oxygen atoms in total. The first kappa shape index (κ1) is 11.1. The van der Waals surface area contributed by atoms with E-state index in [1.165, 1.54) is 11.1 Å². The Bertz CT molecular complexity index is 390. The lowest BCUT2D eigenvalue weighted by molar-refractivity contribution is 0.0667. The second-order valence-corrected chi connectivity index (χ2v) is 4.33. The molecule has 2 atom stereocenters. The maximum atomic E-state index is 13.5. The summed E-state index contributed by atoms with van der Waals surface area (Å²) in [6.07, 6.45) is 4.46. The van der Waals surface area contributed by atoms with Crippen LogP contribution in [0.25, 0.3) is 0 Å². The molecule has 0 spiro atoms. The van der Waals surface area contributed by atoms with Crippen LogP contribution in [-0.2, 0) is 7.05 Å². The van der Waals surface area contributed by atoms with E-state index >= 15 is 0 Å². The minimum atomic E-state index is -0.884. The molecular weight excluding hydrogens is 209 g/mol. The summed E-state index contributed by atoms with van der Waals surface area (Å²) in [7, 11) is 3.42. The molecule has 5 heteroatoms.